The van der Waals surface area contributed by atoms with Crippen LogP contribution in [0, 0.1) is 16.0 Å². The number of hydrogen-bond acceptors (Lipinski definition) is 6. The molecule has 0 saturated carbocycles. The number of anilines is 2. The van der Waals surface area contributed by atoms with Crippen LogP contribution in [0.2, 0.25) is 0 Å². The quantitative estimate of drug-likeness (QED) is 0.629. The summed E-state index contributed by atoms with van der Waals surface area (Å²) in [7, 11) is 2.09. The van der Waals surface area contributed by atoms with Gasteiger partial charge in [-0.05, 0) is 38.4 Å². The van der Waals surface area contributed by atoms with E-state index in [9.17, 15) is 10.1 Å². The van der Waals surface area contributed by atoms with Crippen LogP contribution in [-0.2, 0) is 0 Å². The van der Waals surface area contributed by atoms with Gasteiger partial charge < -0.3 is 16.0 Å². The van der Waals surface area contributed by atoms with Crippen LogP contribution >= 0.6 is 0 Å². The maximum Gasteiger partial charge on any atom is 0.311 e. The van der Waals surface area contributed by atoms with E-state index in [1.807, 2.05) is 0 Å². The maximum atomic E-state index is 10.9. The van der Waals surface area contributed by atoms with Crippen LogP contribution in [0.3, 0.4) is 0 Å². The van der Waals surface area contributed by atoms with E-state index in [2.05, 4.69) is 22.2 Å². The van der Waals surface area contributed by atoms with Crippen LogP contribution in [-0.4, -0.2) is 41.5 Å². The summed E-state index contributed by atoms with van der Waals surface area (Å²) in [6, 6.07) is 2.83. The number of pyridine rings is 1. The smallest absolute Gasteiger partial charge is 0.311 e. The summed E-state index contributed by atoms with van der Waals surface area (Å²) < 4.78 is 0. The lowest BCUT2D eigenvalue weighted by atomic mass is 9.98. The minimum atomic E-state index is -0.443. The molecule has 2 rings (SSSR count). The number of nitrogen functional groups attached to an aromatic ring is 1. The largest absolute Gasteiger partial charge is 0.384 e. The number of hydrogen-bond donors (Lipinski definition) is 2. The molecule has 1 saturated heterocycles. The molecular weight excluding hydrogens is 246 g/mol. The van der Waals surface area contributed by atoms with Gasteiger partial charge in [0.1, 0.15) is 5.82 Å². The molecule has 0 amide bonds. The van der Waals surface area contributed by atoms with Gasteiger partial charge in [0.05, 0.1) is 4.92 Å². The molecule has 104 valence electrons. The summed E-state index contributed by atoms with van der Waals surface area (Å²) in [5.41, 5.74) is 5.55. The summed E-state index contributed by atoms with van der Waals surface area (Å²) in [5.74, 6) is 1.04. The first-order valence-corrected chi connectivity index (χ1v) is 6.39. The Morgan fingerprint density at radius 3 is 3.11 bits per heavy atom. The zero-order valence-electron chi connectivity index (χ0n) is 11.0. The van der Waals surface area contributed by atoms with E-state index in [4.69, 9.17) is 5.73 Å². The van der Waals surface area contributed by atoms with Crippen molar-refractivity contribution in [2.24, 2.45) is 5.92 Å². The van der Waals surface area contributed by atoms with E-state index in [0.717, 1.165) is 25.9 Å². The predicted octanol–water partition coefficient (Wildman–Crippen LogP) is 1.33. The average molecular weight is 265 g/mol. The second-order valence-corrected chi connectivity index (χ2v) is 5.01. The molecule has 1 aromatic heterocycles. The Morgan fingerprint density at radius 2 is 2.42 bits per heavy atom. The fourth-order valence-corrected chi connectivity index (χ4v) is 2.43. The van der Waals surface area contributed by atoms with Gasteiger partial charge in [-0.15, -0.1) is 0 Å². The normalized spacial score (nSPS) is 20.2. The topological polar surface area (TPSA) is 97.3 Å². The molecule has 7 nitrogen and oxygen atoms in total. The summed E-state index contributed by atoms with van der Waals surface area (Å²) in [6.07, 6.45) is 2.29. The van der Waals surface area contributed by atoms with Crippen molar-refractivity contribution in [3.05, 3.63) is 22.2 Å². The predicted molar refractivity (Wildman–Crippen MR) is 74.0 cm³/mol. The zero-order valence-corrected chi connectivity index (χ0v) is 11.0. The molecule has 19 heavy (non-hydrogen) atoms. The Hall–Kier alpha value is -1.89. The van der Waals surface area contributed by atoms with Gasteiger partial charge in [-0.25, -0.2) is 4.98 Å². The number of nitrogens with zero attached hydrogens (tertiary/aromatic N) is 3. The van der Waals surface area contributed by atoms with E-state index >= 15 is 0 Å². The zero-order chi connectivity index (χ0) is 13.8. The molecule has 7 heteroatoms. The van der Waals surface area contributed by atoms with Crippen molar-refractivity contribution >= 4 is 17.3 Å². The van der Waals surface area contributed by atoms with Crippen molar-refractivity contribution in [2.75, 3.05) is 37.7 Å². The minimum Gasteiger partial charge on any atom is -0.384 e. The van der Waals surface area contributed by atoms with Crippen molar-refractivity contribution in [1.29, 1.82) is 0 Å². The monoisotopic (exact) mass is 265 g/mol. The number of nitrogens with one attached hydrogen (secondary N) is 1. The number of piperidine rings is 1. The molecular formula is C12H19N5O2. The van der Waals surface area contributed by atoms with Gasteiger partial charge in [-0.1, -0.05) is 0 Å². The first kappa shape index (κ1) is 13.5. The molecule has 0 spiro atoms. The molecule has 2 heterocycles. The van der Waals surface area contributed by atoms with Crippen molar-refractivity contribution in [3.8, 4) is 0 Å². The fourth-order valence-electron chi connectivity index (χ4n) is 2.43. The highest BCUT2D eigenvalue weighted by molar-refractivity contribution is 5.59. The molecule has 0 aliphatic carbocycles. The van der Waals surface area contributed by atoms with E-state index in [-0.39, 0.29) is 17.3 Å². The Labute approximate surface area is 112 Å². The van der Waals surface area contributed by atoms with E-state index in [0.29, 0.717) is 12.5 Å². The Bertz CT molecular complexity index is 465. The lowest BCUT2D eigenvalue weighted by Gasteiger charge is -2.29. The van der Waals surface area contributed by atoms with Gasteiger partial charge in [0.15, 0.2) is 0 Å². The third-order valence-corrected chi connectivity index (χ3v) is 3.37. The van der Waals surface area contributed by atoms with Crippen molar-refractivity contribution in [2.45, 2.75) is 12.8 Å². The van der Waals surface area contributed by atoms with Crippen molar-refractivity contribution < 1.29 is 4.92 Å². The van der Waals surface area contributed by atoms with E-state index < -0.39 is 4.92 Å². The molecule has 3 N–H and O–H groups in total. The lowest BCUT2D eigenvalue weighted by molar-refractivity contribution is -0.384. The molecule has 0 bridgehead atoms. The second kappa shape index (κ2) is 5.83. The number of likely N-dealkylation sites (tertiary alicyclic amines) is 1. The average Bonchev–Trinajstić information content (AvgIpc) is 2.36. The molecule has 1 fully saturated rings. The Balaban J connectivity index is 2.02. The van der Waals surface area contributed by atoms with Gasteiger partial charge in [0.25, 0.3) is 0 Å². The highest BCUT2D eigenvalue weighted by atomic mass is 16.6. The van der Waals surface area contributed by atoms with Gasteiger partial charge in [0.2, 0.25) is 5.82 Å². The Kier molecular flexibility index (Phi) is 4.16. The third kappa shape index (κ3) is 3.54. The minimum absolute atomic E-state index is 0.0293. The standard InChI is InChI=1S/C12H19N5O2/c1-16-6-2-3-9(8-16)7-14-12-10(17(18)19)4-5-11(13)15-12/h4-5,9H,2-3,6-8H2,1H3,(H3,13,14,15). The summed E-state index contributed by atoms with van der Waals surface area (Å²) >= 11 is 0. The fraction of sp³-hybridized carbons (Fsp3) is 0.583. The number of aromatic nitrogens is 1. The van der Waals surface area contributed by atoms with Crippen LogP contribution < -0.4 is 11.1 Å². The second-order valence-electron chi connectivity index (χ2n) is 5.01. The van der Waals surface area contributed by atoms with E-state index in [1.54, 1.807) is 0 Å². The SMILES string of the molecule is CN1CCCC(CNc2nc(N)ccc2[N+](=O)[O-])C1. The Morgan fingerprint density at radius 1 is 1.63 bits per heavy atom. The number of rotatable bonds is 4. The van der Waals surface area contributed by atoms with Crippen LogP contribution in [0.4, 0.5) is 17.3 Å². The van der Waals surface area contributed by atoms with Crippen molar-refractivity contribution in [1.82, 2.24) is 9.88 Å². The molecule has 1 atom stereocenters. The van der Waals surface area contributed by atoms with Gasteiger partial charge >= 0.3 is 5.69 Å². The summed E-state index contributed by atoms with van der Waals surface area (Å²) in [5, 5.41) is 14.0. The maximum absolute atomic E-state index is 10.9. The van der Waals surface area contributed by atoms with Gasteiger partial charge in [-0.2, -0.15) is 0 Å². The molecule has 1 aliphatic rings. The van der Waals surface area contributed by atoms with E-state index in [1.165, 1.54) is 12.1 Å². The first-order valence-electron chi connectivity index (χ1n) is 6.39. The number of nitrogens with two attached hydrogens (primary N) is 1. The molecule has 0 radical (unpaired) electrons. The van der Waals surface area contributed by atoms with Crippen LogP contribution in [0.15, 0.2) is 12.1 Å². The first-order chi connectivity index (χ1) is 9.06. The highest BCUT2D eigenvalue weighted by Crippen LogP contribution is 2.24. The highest BCUT2D eigenvalue weighted by Gasteiger charge is 2.20. The van der Waals surface area contributed by atoms with Gasteiger partial charge in [-0.3, -0.25) is 10.1 Å². The molecule has 1 aromatic rings. The third-order valence-electron chi connectivity index (χ3n) is 3.37. The van der Waals surface area contributed by atoms with Crippen LogP contribution in [0.25, 0.3) is 0 Å². The molecule has 0 aromatic carbocycles. The van der Waals surface area contributed by atoms with Crippen LogP contribution in [0.1, 0.15) is 12.8 Å². The molecule has 1 aliphatic heterocycles. The summed E-state index contributed by atoms with van der Waals surface area (Å²) in [6.45, 7) is 2.80. The number of nitro groups is 1. The van der Waals surface area contributed by atoms with Crippen molar-refractivity contribution in [3.63, 3.8) is 0 Å². The summed E-state index contributed by atoms with van der Waals surface area (Å²) in [4.78, 5) is 16.8. The van der Waals surface area contributed by atoms with Gasteiger partial charge in [0, 0.05) is 19.2 Å². The lowest BCUT2D eigenvalue weighted by Crippen LogP contribution is -2.35. The molecule has 1 unspecified atom stereocenters. The van der Waals surface area contributed by atoms with Crippen LogP contribution in [0.5, 0.6) is 0 Å².